The van der Waals surface area contributed by atoms with Crippen molar-refractivity contribution in [2.24, 2.45) is 0 Å². The van der Waals surface area contributed by atoms with Crippen molar-refractivity contribution in [1.82, 2.24) is 14.5 Å². The molecule has 0 aromatic heterocycles. The Hall–Kier alpha value is -1.78. The zero-order chi connectivity index (χ0) is 19.8. The summed E-state index contributed by atoms with van der Waals surface area (Å²) in [5.74, 6) is -1.13. The molecule has 0 bridgehead atoms. The molecule has 0 spiro atoms. The van der Waals surface area contributed by atoms with Crippen LogP contribution in [0.3, 0.4) is 0 Å². The summed E-state index contributed by atoms with van der Waals surface area (Å²) in [6.45, 7) is 0.680. The van der Waals surface area contributed by atoms with E-state index < -0.39 is 21.8 Å². The minimum Gasteiger partial charge on any atom is -0.352 e. The van der Waals surface area contributed by atoms with Gasteiger partial charge in [0.15, 0.2) is 0 Å². The molecule has 1 atom stereocenters. The second-order valence-corrected chi connectivity index (χ2v) is 9.63. The first-order chi connectivity index (χ1) is 12.7. The van der Waals surface area contributed by atoms with Crippen LogP contribution in [0.4, 0.5) is 0 Å². The maximum atomic E-state index is 12.4. The van der Waals surface area contributed by atoms with Crippen molar-refractivity contribution in [2.45, 2.75) is 25.3 Å². The Bertz CT molecular complexity index is 902. The number of sulfonamides is 1. The monoisotopic (exact) mass is 457 g/mol. The fourth-order valence-corrected chi connectivity index (χ4v) is 4.61. The van der Waals surface area contributed by atoms with Gasteiger partial charge in [0, 0.05) is 36.6 Å². The number of rotatable bonds is 5. The maximum Gasteiger partial charge on any atom is 0.261 e. The average Bonchev–Trinajstić information content (AvgIpc) is 2.83. The number of nitrogens with one attached hydrogen (secondary N) is 1. The molecule has 0 radical (unpaired) electrons. The molecule has 3 rings (SSSR count). The molecule has 1 aromatic carbocycles. The summed E-state index contributed by atoms with van der Waals surface area (Å²) in [5, 5.41) is 2.80. The lowest BCUT2D eigenvalue weighted by molar-refractivity contribution is -0.122. The van der Waals surface area contributed by atoms with E-state index in [9.17, 15) is 22.8 Å². The summed E-state index contributed by atoms with van der Waals surface area (Å²) in [7, 11) is -3.29. The van der Waals surface area contributed by atoms with Crippen LogP contribution in [0.15, 0.2) is 22.7 Å². The first-order valence-electron chi connectivity index (χ1n) is 8.57. The summed E-state index contributed by atoms with van der Waals surface area (Å²) in [4.78, 5) is 38.1. The SMILES string of the molecule is CS(=O)(=O)N1CCCC(NC(=O)CCN2C(=O)c3ccc(Br)cc3C2=O)C1. The zero-order valence-electron chi connectivity index (χ0n) is 14.8. The van der Waals surface area contributed by atoms with Crippen LogP contribution < -0.4 is 5.32 Å². The molecule has 8 nitrogen and oxygen atoms in total. The number of carbonyl (C=O) groups excluding carboxylic acids is 3. The summed E-state index contributed by atoms with van der Waals surface area (Å²) in [6.07, 6.45) is 2.49. The van der Waals surface area contributed by atoms with E-state index in [1.54, 1.807) is 18.2 Å². The van der Waals surface area contributed by atoms with E-state index in [1.165, 1.54) is 4.31 Å². The highest BCUT2D eigenvalue weighted by Crippen LogP contribution is 2.26. The van der Waals surface area contributed by atoms with Crippen LogP contribution >= 0.6 is 15.9 Å². The van der Waals surface area contributed by atoms with Gasteiger partial charge in [0.05, 0.1) is 17.4 Å². The first-order valence-corrected chi connectivity index (χ1v) is 11.2. The van der Waals surface area contributed by atoms with Gasteiger partial charge in [-0.25, -0.2) is 12.7 Å². The van der Waals surface area contributed by atoms with Gasteiger partial charge in [-0.15, -0.1) is 0 Å². The van der Waals surface area contributed by atoms with Crippen molar-refractivity contribution in [1.29, 1.82) is 0 Å². The molecule has 2 aliphatic heterocycles. The predicted molar refractivity (Wildman–Crippen MR) is 102 cm³/mol. The Labute approximate surface area is 166 Å². The number of nitrogens with zero attached hydrogens (tertiary/aromatic N) is 2. The highest BCUT2D eigenvalue weighted by molar-refractivity contribution is 9.10. The molecule has 27 heavy (non-hydrogen) atoms. The Morgan fingerprint density at radius 3 is 2.67 bits per heavy atom. The molecule has 1 fully saturated rings. The van der Waals surface area contributed by atoms with Crippen molar-refractivity contribution < 1.29 is 22.8 Å². The lowest BCUT2D eigenvalue weighted by atomic mass is 10.1. The van der Waals surface area contributed by atoms with Gasteiger partial charge in [-0.05, 0) is 31.0 Å². The Morgan fingerprint density at radius 2 is 1.96 bits per heavy atom. The topological polar surface area (TPSA) is 104 Å². The second kappa shape index (κ2) is 7.69. The van der Waals surface area contributed by atoms with Gasteiger partial charge >= 0.3 is 0 Å². The summed E-state index contributed by atoms with van der Waals surface area (Å²) in [6, 6.07) is 4.61. The zero-order valence-corrected chi connectivity index (χ0v) is 17.2. The maximum absolute atomic E-state index is 12.4. The summed E-state index contributed by atoms with van der Waals surface area (Å²) in [5.41, 5.74) is 0.658. The lowest BCUT2D eigenvalue weighted by Gasteiger charge is -2.31. The quantitative estimate of drug-likeness (QED) is 0.663. The molecular formula is C17H20BrN3O5S. The minimum absolute atomic E-state index is 0.0156. The minimum atomic E-state index is -3.29. The Balaban J connectivity index is 1.56. The van der Waals surface area contributed by atoms with Crippen molar-refractivity contribution >= 4 is 43.7 Å². The average molecular weight is 458 g/mol. The van der Waals surface area contributed by atoms with Gasteiger partial charge < -0.3 is 5.32 Å². The van der Waals surface area contributed by atoms with Crippen LogP contribution in [0.5, 0.6) is 0 Å². The molecule has 2 heterocycles. The summed E-state index contributed by atoms with van der Waals surface area (Å²) >= 11 is 3.28. The lowest BCUT2D eigenvalue weighted by Crippen LogP contribution is -2.49. The Kier molecular flexibility index (Phi) is 5.68. The van der Waals surface area contributed by atoms with Crippen LogP contribution in [0.1, 0.15) is 40.0 Å². The van der Waals surface area contributed by atoms with Gasteiger partial charge in [-0.3, -0.25) is 19.3 Å². The van der Waals surface area contributed by atoms with E-state index in [0.717, 1.165) is 11.2 Å². The van der Waals surface area contributed by atoms with Crippen LogP contribution in [-0.2, 0) is 14.8 Å². The molecule has 2 aliphatic rings. The van der Waals surface area contributed by atoms with Gasteiger partial charge in [-0.1, -0.05) is 15.9 Å². The molecule has 0 saturated carbocycles. The number of fused-ring (bicyclic) bond motifs is 1. The van der Waals surface area contributed by atoms with E-state index >= 15 is 0 Å². The fourth-order valence-electron chi connectivity index (χ4n) is 3.34. The first kappa shape index (κ1) is 20.0. The van der Waals surface area contributed by atoms with Crippen molar-refractivity contribution in [2.75, 3.05) is 25.9 Å². The third-order valence-electron chi connectivity index (χ3n) is 4.71. The molecule has 10 heteroatoms. The molecular weight excluding hydrogens is 438 g/mol. The predicted octanol–water partition coefficient (Wildman–Crippen LogP) is 0.975. The van der Waals surface area contributed by atoms with Crippen LogP contribution in [0.25, 0.3) is 0 Å². The van der Waals surface area contributed by atoms with Gasteiger partial charge in [0.2, 0.25) is 15.9 Å². The number of benzene rings is 1. The number of halogens is 1. The normalized spacial score (nSPS) is 20.7. The smallest absolute Gasteiger partial charge is 0.261 e. The number of hydrogen-bond donors (Lipinski definition) is 1. The Morgan fingerprint density at radius 1 is 1.26 bits per heavy atom. The number of hydrogen-bond acceptors (Lipinski definition) is 5. The molecule has 1 N–H and O–H groups in total. The van der Waals surface area contributed by atoms with Crippen LogP contribution in [0.2, 0.25) is 0 Å². The molecule has 1 aromatic rings. The fraction of sp³-hybridized carbons (Fsp3) is 0.471. The number of imide groups is 1. The van der Waals surface area contributed by atoms with Crippen molar-refractivity contribution in [3.8, 4) is 0 Å². The van der Waals surface area contributed by atoms with Crippen LogP contribution in [0, 0.1) is 0 Å². The largest absolute Gasteiger partial charge is 0.352 e. The van der Waals surface area contributed by atoms with E-state index in [-0.39, 0.29) is 31.5 Å². The second-order valence-electron chi connectivity index (χ2n) is 6.73. The van der Waals surface area contributed by atoms with Gasteiger partial charge in [0.25, 0.3) is 11.8 Å². The van der Waals surface area contributed by atoms with E-state index in [1.807, 2.05) is 0 Å². The molecule has 0 aliphatic carbocycles. The summed E-state index contributed by atoms with van der Waals surface area (Å²) < 4.78 is 25.4. The molecule has 1 saturated heterocycles. The van der Waals surface area contributed by atoms with Gasteiger partial charge in [0.1, 0.15) is 0 Å². The third kappa shape index (κ3) is 4.39. The van der Waals surface area contributed by atoms with Crippen LogP contribution in [-0.4, -0.2) is 67.3 Å². The van der Waals surface area contributed by atoms with E-state index in [4.69, 9.17) is 0 Å². The molecule has 146 valence electrons. The number of amides is 3. The highest BCUT2D eigenvalue weighted by atomic mass is 79.9. The van der Waals surface area contributed by atoms with E-state index in [2.05, 4.69) is 21.2 Å². The number of piperidine rings is 1. The van der Waals surface area contributed by atoms with E-state index in [0.29, 0.717) is 35.0 Å². The van der Waals surface area contributed by atoms with Gasteiger partial charge in [-0.2, -0.15) is 0 Å². The van der Waals surface area contributed by atoms with Crippen molar-refractivity contribution in [3.63, 3.8) is 0 Å². The number of carbonyl (C=O) groups is 3. The highest BCUT2D eigenvalue weighted by Gasteiger charge is 2.35. The van der Waals surface area contributed by atoms with Crippen molar-refractivity contribution in [3.05, 3.63) is 33.8 Å². The standard InChI is InChI=1S/C17H20BrN3O5S/c1-27(25,26)20-7-2-3-12(10-20)19-15(22)6-8-21-16(23)13-5-4-11(18)9-14(13)17(21)24/h4-5,9,12H,2-3,6-8,10H2,1H3,(H,19,22). The molecule has 1 unspecified atom stereocenters. The molecule has 3 amide bonds. The third-order valence-corrected chi connectivity index (χ3v) is 6.48.